The largest absolute Gasteiger partial charge is 0.309 e. The van der Waals surface area contributed by atoms with E-state index in [1.807, 2.05) is 0 Å². The summed E-state index contributed by atoms with van der Waals surface area (Å²) in [6.07, 6.45) is 1.08. The van der Waals surface area contributed by atoms with E-state index in [0.29, 0.717) is 6.54 Å². The SMILES string of the molecule is CCNC(c1cc(F)ccc1F)C(C)S(C)(=O)=O. The molecule has 0 saturated carbocycles. The highest BCUT2D eigenvalue weighted by molar-refractivity contribution is 7.91. The van der Waals surface area contributed by atoms with Gasteiger partial charge in [0.15, 0.2) is 9.84 Å². The van der Waals surface area contributed by atoms with Crippen molar-refractivity contribution in [3.8, 4) is 0 Å². The minimum absolute atomic E-state index is 0.0368. The van der Waals surface area contributed by atoms with E-state index < -0.39 is 32.8 Å². The lowest BCUT2D eigenvalue weighted by Gasteiger charge is -2.24. The smallest absolute Gasteiger partial charge is 0.151 e. The fraction of sp³-hybridized carbons (Fsp3) is 0.500. The Kier molecular flexibility index (Phi) is 4.81. The number of halogens is 2. The molecule has 2 atom stereocenters. The fourth-order valence-corrected chi connectivity index (χ4v) is 2.49. The molecule has 0 aromatic heterocycles. The summed E-state index contributed by atoms with van der Waals surface area (Å²) in [5.74, 6) is -1.20. The van der Waals surface area contributed by atoms with Gasteiger partial charge in [0.25, 0.3) is 0 Å². The second-order valence-corrected chi connectivity index (χ2v) is 6.64. The van der Waals surface area contributed by atoms with Crippen molar-refractivity contribution in [1.29, 1.82) is 0 Å². The molecule has 1 N–H and O–H groups in total. The summed E-state index contributed by atoms with van der Waals surface area (Å²) in [4.78, 5) is 0. The van der Waals surface area contributed by atoms with Crippen LogP contribution in [-0.2, 0) is 9.84 Å². The number of hydrogen-bond acceptors (Lipinski definition) is 3. The summed E-state index contributed by atoms with van der Waals surface area (Å²) in [6, 6.07) is 2.28. The van der Waals surface area contributed by atoms with Gasteiger partial charge in [0.05, 0.1) is 11.3 Å². The van der Waals surface area contributed by atoms with E-state index in [2.05, 4.69) is 5.32 Å². The summed E-state index contributed by atoms with van der Waals surface area (Å²) in [7, 11) is -3.35. The molecule has 0 amide bonds. The zero-order valence-electron chi connectivity index (χ0n) is 10.6. The highest BCUT2D eigenvalue weighted by Crippen LogP contribution is 2.25. The zero-order chi connectivity index (χ0) is 13.9. The molecule has 0 spiro atoms. The highest BCUT2D eigenvalue weighted by Gasteiger charge is 2.28. The molecular formula is C12H17F2NO2S. The third-order valence-electron chi connectivity index (χ3n) is 2.86. The van der Waals surface area contributed by atoms with Crippen LogP contribution < -0.4 is 5.32 Å². The van der Waals surface area contributed by atoms with E-state index in [1.165, 1.54) is 6.92 Å². The number of hydrogen-bond donors (Lipinski definition) is 1. The first kappa shape index (κ1) is 15.0. The molecule has 0 aliphatic rings. The van der Waals surface area contributed by atoms with Crippen LogP contribution in [0.3, 0.4) is 0 Å². The Morgan fingerprint density at radius 1 is 1.33 bits per heavy atom. The number of rotatable bonds is 5. The molecule has 0 aliphatic heterocycles. The van der Waals surface area contributed by atoms with Gasteiger partial charge in [-0.3, -0.25) is 0 Å². The standard InChI is InChI=1S/C12H17F2NO2S/c1-4-15-12(8(2)18(3,16)17)10-7-9(13)5-6-11(10)14/h5-8,12,15H,4H2,1-3H3. The quantitative estimate of drug-likeness (QED) is 0.896. The molecule has 0 aliphatic carbocycles. The van der Waals surface area contributed by atoms with Crippen molar-refractivity contribution < 1.29 is 17.2 Å². The van der Waals surface area contributed by atoms with Crippen molar-refractivity contribution >= 4 is 9.84 Å². The van der Waals surface area contributed by atoms with E-state index in [0.717, 1.165) is 24.5 Å². The van der Waals surface area contributed by atoms with Gasteiger partial charge in [-0.25, -0.2) is 17.2 Å². The van der Waals surface area contributed by atoms with Gasteiger partial charge in [0, 0.05) is 11.8 Å². The van der Waals surface area contributed by atoms with Crippen LogP contribution in [0.5, 0.6) is 0 Å². The normalized spacial score (nSPS) is 15.4. The first-order valence-corrected chi connectivity index (χ1v) is 7.60. The van der Waals surface area contributed by atoms with Crippen molar-refractivity contribution in [2.24, 2.45) is 0 Å². The molecule has 18 heavy (non-hydrogen) atoms. The molecule has 0 fully saturated rings. The van der Waals surface area contributed by atoms with Crippen LogP contribution in [-0.4, -0.2) is 26.5 Å². The summed E-state index contributed by atoms with van der Waals surface area (Å²) in [5.41, 5.74) is 0.0368. The van der Waals surface area contributed by atoms with Crippen molar-refractivity contribution in [3.05, 3.63) is 35.4 Å². The molecule has 0 saturated heterocycles. The summed E-state index contributed by atoms with van der Waals surface area (Å²) >= 11 is 0. The predicted octanol–water partition coefficient (Wildman–Crippen LogP) is 2.05. The average Bonchev–Trinajstić information content (AvgIpc) is 2.27. The van der Waals surface area contributed by atoms with Gasteiger partial charge in [-0.2, -0.15) is 0 Å². The van der Waals surface area contributed by atoms with Crippen molar-refractivity contribution in [2.75, 3.05) is 12.8 Å². The molecule has 2 unspecified atom stereocenters. The lowest BCUT2D eigenvalue weighted by molar-refractivity contribution is 0.483. The van der Waals surface area contributed by atoms with E-state index in [4.69, 9.17) is 0 Å². The summed E-state index contributed by atoms with van der Waals surface area (Å²) < 4.78 is 50.0. The molecule has 1 rings (SSSR count). The first-order valence-electron chi connectivity index (χ1n) is 5.64. The van der Waals surface area contributed by atoms with Crippen LogP contribution >= 0.6 is 0 Å². The van der Waals surface area contributed by atoms with Crippen LogP contribution in [0, 0.1) is 11.6 Å². The van der Waals surface area contributed by atoms with Crippen molar-refractivity contribution in [1.82, 2.24) is 5.32 Å². The Hall–Kier alpha value is -1.01. The number of nitrogens with one attached hydrogen (secondary N) is 1. The summed E-state index contributed by atoms with van der Waals surface area (Å²) in [5, 5.41) is 2.05. The zero-order valence-corrected chi connectivity index (χ0v) is 11.4. The lowest BCUT2D eigenvalue weighted by Crippen LogP contribution is -2.35. The van der Waals surface area contributed by atoms with Gasteiger partial charge in [0.1, 0.15) is 11.6 Å². The maximum absolute atomic E-state index is 13.7. The molecule has 0 radical (unpaired) electrons. The minimum Gasteiger partial charge on any atom is -0.309 e. The second-order valence-electron chi connectivity index (χ2n) is 4.24. The Morgan fingerprint density at radius 2 is 1.94 bits per heavy atom. The average molecular weight is 277 g/mol. The van der Waals surface area contributed by atoms with Gasteiger partial charge >= 0.3 is 0 Å². The third-order valence-corrected chi connectivity index (χ3v) is 4.48. The molecule has 1 aromatic rings. The minimum atomic E-state index is -3.35. The first-order chi connectivity index (χ1) is 8.27. The Morgan fingerprint density at radius 3 is 2.44 bits per heavy atom. The molecular weight excluding hydrogens is 260 g/mol. The monoisotopic (exact) mass is 277 g/mol. The fourth-order valence-electron chi connectivity index (χ4n) is 1.75. The topological polar surface area (TPSA) is 46.2 Å². The van der Waals surface area contributed by atoms with Gasteiger partial charge in [-0.1, -0.05) is 6.92 Å². The van der Waals surface area contributed by atoms with Crippen LogP contribution in [0.1, 0.15) is 25.5 Å². The van der Waals surface area contributed by atoms with Crippen LogP contribution in [0.4, 0.5) is 8.78 Å². The van der Waals surface area contributed by atoms with Gasteiger partial charge < -0.3 is 5.32 Å². The van der Waals surface area contributed by atoms with E-state index in [9.17, 15) is 17.2 Å². The number of benzene rings is 1. The lowest BCUT2D eigenvalue weighted by atomic mass is 10.0. The van der Waals surface area contributed by atoms with Gasteiger partial charge in [-0.15, -0.1) is 0 Å². The van der Waals surface area contributed by atoms with Gasteiger partial charge in [0.2, 0.25) is 0 Å². The molecule has 6 heteroatoms. The second kappa shape index (κ2) is 5.75. The molecule has 102 valence electrons. The molecule has 0 bridgehead atoms. The summed E-state index contributed by atoms with van der Waals surface area (Å²) in [6.45, 7) is 3.71. The van der Waals surface area contributed by atoms with Gasteiger partial charge in [-0.05, 0) is 31.7 Å². The van der Waals surface area contributed by atoms with Crippen LogP contribution in [0.2, 0.25) is 0 Å². The van der Waals surface area contributed by atoms with E-state index >= 15 is 0 Å². The third kappa shape index (κ3) is 3.49. The maximum Gasteiger partial charge on any atom is 0.151 e. The molecule has 1 aromatic carbocycles. The Bertz CT molecular complexity index is 517. The van der Waals surface area contributed by atoms with Crippen molar-refractivity contribution in [3.63, 3.8) is 0 Å². The maximum atomic E-state index is 13.7. The molecule has 3 nitrogen and oxygen atoms in total. The van der Waals surface area contributed by atoms with E-state index in [1.54, 1.807) is 6.92 Å². The Balaban J connectivity index is 3.23. The number of sulfone groups is 1. The Labute approximate surface area is 106 Å². The predicted molar refractivity (Wildman–Crippen MR) is 67.1 cm³/mol. The van der Waals surface area contributed by atoms with Crippen LogP contribution in [0.25, 0.3) is 0 Å². The van der Waals surface area contributed by atoms with E-state index in [-0.39, 0.29) is 5.56 Å². The molecule has 0 heterocycles. The van der Waals surface area contributed by atoms with Crippen LogP contribution in [0.15, 0.2) is 18.2 Å². The highest BCUT2D eigenvalue weighted by atomic mass is 32.2. The van der Waals surface area contributed by atoms with Crippen molar-refractivity contribution in [2.45, 2.75) is 25.1 Å².